The van der Waals surface area contributed by atoms with Crippen molar-refractivity contribution in [3.8, 4) is 11.3 Å². The van der Waals surface area contributed by atoms with Gasteiger partial charge in [0.25, 0.3) is 0 Å². The van der Waals surface area contributed by atoms with Crippen molar-refractivity contribution in [1.29, 1.82) is 0 Å². The Kier molecular flexibility index (Phi) is 5.54. The van der Waals surface area contributed by atoms with Crippen molar-refractivity contribution >= 4 is 22.8 Å². The summed E-state index contributed by atoms with van der Waals surface area (Å²) in [6.07, 6.45) is -2.16. The molecule has 2 unspecified atom stereocenters. The molecule has 0 saturated carbocycles. The molecule has 0 aliphatic rings. The number of carbonyl (C=O) groups excluding carboxylic acids is 1. The average molecular weight is 336 g/mol. The van der Waals surface area contributed by atoms with Crippen molar-refractivity contribution in [1.82, 2.24) is 10.2 Å². The number of aliphatic hydroxyl groups excluding tert-OH is 2. The standard InChI is InChI=1S/C15H16N2O5S/c1-8(18)23-7-13(19)14(20)10-4-2-9(3-5-10)11-6-12(15(21)22)17-16-11/h2-6,13-14,19-20H,7H2,1H3,(H,16,17)(H,21,22). The smallest absolute Gasteiger partial charge is 0.353 e. The first kappa shape index (κ1) is 17.2. The molecule has 0 fully saturated rings. The van der Waals surface area contributed by atoms with Crippen LogP contribution in [0.25, 0.3) is 11.3 Å². The Balaban J connectivity index is 2.08. The van der Waals surface area contributed by atoms with E-state index in [1.54, 1.807) is 24.3 Å². The van der Waals surface area contributed by atoms with Gasteiger partial charge in [0.2, 0.25) is 0 Å². The van der Waals surface area contributed by atoms with Crippen molar-refractivity contribution in [2.75, 3.05) is 5.75 Å². The van der Waals surface area contributed by atoms with Gasteiger partial charge in [-0.05, 0) is 11.6 Å². The third kappa shape index (κ3) is 4.41. The van der Waals surface area contributed by atoms with Gasteiger partial charge in [-0.2, -0.15) is 5.10 Å². The predicted molar refractivity (Wildman–Crippen MR) is 85.1 cm³/mol. The van der Waals surface area contributed by atoms with E-state index in [4.69, 9.17) is 5.11 Å². The highest BCUT2D eigenvalue weighted by Crippen LogP contribution is 2.24. The van der Waals surface area contributed by atoms with Gasteiger partial charge >= 0.3 is 5.97 Å². The van der Waals surface area contributed by atoms with Gasteiger partial charge in [-0.3, -0.25) is 9.89 Å². The molecule has 2 aromatic rings. The van der Waals surface area contributed by atoms with Crippen LogP contribution >= 0.6 is 11.8 Å². The van der Waals surface area contributed by atoms with E-state index in [0.717, 1.165) is 11.8 Å². The van der Waals surface area contributed by atoms with Gasteiger partial charge in [0.15, 0.2) is 5.12 Å². The zero-order chi connectivity index (χ0) is 17.0. The Bertz CT molecular complexity index is 698. The molecule has 8 heteroatoms. The number of rotatable bonds is 6. The molecule has 1 heterocycles. The number of carboxylic acid groups (broad SMARTS) is 1. The van der Waals surface area contributed by atoms with Gasteiger partial charge in [0.05, 0.1) is 11.8 Å². The Morgan fingerprint density at radius 3 is 2.43 bits per heavy atom. The van der Waals surface area contributed by atoms with Crippen LogP contribution in [0.2, 0.25) is 0 Å². The second-order valence-electron chi connectivity index (χ2n) is 4.91. The number of H-pyrrole nitrogens is 1. The topological polar surface area (TPSA) is 124 Å². The molecule has 0 aliphatic carbocycles. The number of hydrogen-bond acceptors (Lipinski definition) is 6. The fraction of sp³-hybridized carbons (Fsp3) is 0.267. The molecule has 0 saturated heterocycles. The average Bonchev–Trinajstić information content (AvgIpc) is 3.02. The summed E-state index contributed by atoms with van der Waals surface area (Å²) >= 11 is 0.949. The van der Waals surface area contributed by atoms with Crippen LogP contribution in [0.15, 0.2) is 30.3 Å². The quantitative estimate of drug-likeness (QED) is 0.629. The number of nitrogens with one attached hydrogen (secondary N) is 1. The number of hydrogen-bond donors (Lipinski definition) is 4. The van der Waals surface area contributed by atoms with E-state index >= 15 is 0 Å². The molecule has 0 bridgehead atoms. The molecule has 23 heavy (non-hydrogen) atoms. The molecule has 4 N–H and O–H groups in total. The molecule has 7 nitrogen and oxygen atoms in total. The van der Waals surface area contributed by atoms with Crippen molar-refractivity contribution in [2.45, 2.75) is 19.1 Å². The minimum atomic E-state index is -1.11. The highest BCUT2D eigenvalue weighted by Gasteiger charge is 2.19. The lowest BCUT2D eigenvalue weighted by Gasteiger charge is -2.17. The normalized spacial score (nSPS) is 13.5. The van der Waals surface area contributed by atoms with E-state index in [1.807, 2.05) is 0 Å². The first-order chi connectivity index (χ1) is 10.9. The lowest BCUT2D eigenvalue weighted by Crippen LogP contribution is -2.21. The highest BCUT2D eigenvalue weighted by molar-refractivity contribution is 8.13. The molecule has 0 aliphatic heterocycles. The van der Waals surface area contributed by atoms with Crippen LogP contribution in [0.4, 0.5) is 0 Å². The largest absolute Gasteiger partial charge is 0.477 e. The van der Waals surface area contributed by atoms with E-state index in [-0.39, 0.29) is 16.6 Å². The fourth-order valence-electron chi connectivity index (χ4n) is 1.95. The van der Waals surface area contributed by atoms with Crippen LogP contribution in [-0.4, -0.2) is 48.5 Å². The van der Waals surface area contributed by atoms with Gasteiger partial charge in [-0.1, -0.05) is 36.0 Å². The number of carboxylic acids is 1. The van der Waals surface area contributed by atoms with E-state index in [2.05, 4.69) is 10.2 Å². The summed E-state index contributed by atoms with van der Waals surface area (Å²) < 4.78 is 0. The number of carbonyl (C=O) groups is 2. The monoisotopic (exact) mass is 336 g/mol. The number of nitrogens with zero attached hydrogens (tertiary/aromatic N) is 1. The summed E-state index contributed by atoms with van der Waals surface area (Å²) in [7, 11) is 0. The molecular weight excluding hydrogens is 320 g/mol. The number of aromatic amines is 1. The molecule has 122 valence electrons. The molecule has 0 radical (unpaired) electrons. The van der Waals surface area contributed by atoms with E-state index in [1.165, 1.54) is 13.0 Å². The van der Waals surface area contributed by atoms with Crippen LogP contribution in [-0.2, 0) is 4.79 Å². The van der Waals surface area contributed by atoms with Gasteiger partial charge in [0, 0.05) is 18.2 Å². The number of benzene rings is 1. The van der Waals surface area contributed by atoms with Crippen LogP contribution < -0.4 is 0 Å². The van der Waals surface area contributed by atoms with Crippen LogP contribution in [0.1, 0.15) is 29.1 Å². The second kappa shape index (κ2) is 7.40. The summed E-state index contributed by atoms with van der Waals surface area (Å²) in [5.74, 6) is -0.985. The molecule has 2 atom stereocenters. The van der Waals surface area contributed by atoms with E-state index in [9.17, 15) is 19.8 Å². The number of aromatic nitrogens is 2. The number of thioether (sulfide) groups is 1. The van der Waals surface area contributed by atoms with Crippen molar-refractivity contribution in [2.24, 2.45) is 0 Å². The Hall–Kier alpha value is -2.16. The van der Waals surface area contributed by atoms with Gasteiger partial charge in [0.1, 0.15) is 11.8 Å². The minimum Gasteiger partial charge on any atom is -0.477 e. The Morgan fingerprint density at radius 2 is 1.91 bits per heavy atom. The van der Waals surface area contributed by atoms with Crippen LogP contribution in [0.5, 0.6) is 0 Å². The predicted octanol–water partition coefficient (Wildman–Crippen LogP) is 1.45. The third-order valence-electron chi connectivity index (χ3n) is 3.18. The SMILES string of the molecule is CC(=O)SCC(O)C(O)c1ccc(-c2cc(C(=O)O)[nH]n2)cc1. The summed E-state index contributed by atoms with van der Waals surface area (Å²) in [5, 5.41) is 35.0. The summed E-state index contributed by atoms with van der Waals surface area (Å²) in [4.78, 5) is 21.7. The number of aromatic carboxylic acids is 1. The zero-order valence-electron chi connectivity index (χ0n) is 12.3. The zero-order valence-corrected chi connectivity index (χ0v) is 13.1. The highest BCUT2D eigenvalue weighted by atomic mass is 32.2. The molecule has 0 amide bonds. The van der Waals surface area contributed by atoms with Gasteiger partial charge < -0.3 is 15.3 Å². The van der Waals surface area contributed by atoms with Crippen molar-refractivity contribution < 1.29 is 24.9 Å². The lowest BCUT2D eigenvalue weighted by atomic mass is 10.0. The summed E-state index contributed by atoms with van der Waals surface area (Å²) in [6, 6.07) is 8.00. The first-order valence-corrected chi connectivity index (χ1v) is 7.75. The minimum absolute atomic E-state index is 0.0132. The fourth-order valence-corrected chi connectivity index (χ4v) is 2.53. The van der Waals surface area contributed by atoms with Crippen LogP contribution in [0.3, 0.4) is 0 Å². The lowest BCUT2D eigenvalue weighted by molar-refractivity contribution is -0.109. The first-order valence-electron chi connectivity index (χ1n) is 6.77. The maximum absolute atomic E-state index is 10.9. The molecular formula is C15H16N2O5S. The Labute approximate surface area is 136 Å². The van der Waals surface area contributed by atoms with Crippen molar-refractivity contribution in [3.05, 3.63) is 41.6 Å². The van der Waals surface area contributed by atoms with Crippen LogP contribution in [0, 0.1) is 0 Å². The Morgan fingerprint density at radius 1 is 1.26 bits per heavy atom. The molecule has 1 aromatic carbocycles. The van der Waals surface area contributed by atoms with E-state index < -0.39 is 18.2 Å². The maximum Gasteiger partial charge on any atom is 0.353 e. The van der Waals surface area contributed by atoms with Gasteiger partial charge in [-0.15, -0.1) is 0 Å². The molecule has 1 aromatic heterocycles. The van der Waals surface area contributed by atoms with Gasteiger partial charge in [-0.25, -0.2) is 4.79 Å². The molecule has 2 rings (SSSR count). The summed E-state index contributed by atoms with van der Waals surface area (Å²) in [5.41, 5.74) is 1.63. The third-order valence-corrected chi connectivity index (χ3v) is 4.09. The maximum atomic E-state index is 10.9. The second-order valence-corrected chi connectivity index (χ2v) is 6.11. The number of aliphatic hydroxyl groups is 2. The summed E-state index contributed by atoms with van der Waals surface area (Å²) in [6.45, 7) is 1.40. The van der Waals surface area contributed by atoms with Crippen molar-refractivity contribution in [3.63, 3.8) is 0 Å². The van der Waals surface area contributed by atoms with E-state index in [0.29, 0.717) is 16.8 Å². The molecule has 0 spiro atoms.